The molecular formula is C21H33N3O5. The van der Waals surface area contributed by atoms with Gasteiger partial charge in [-0.2, -0.15) is 0 Å². The molecule has 0 bridgehead atoms. The van der Waals surface area contributed by atoms with E-state index in [-0.39, 0.29) is 18.1 Å². The van der Waals surface area contributed by atoms with E-state index in [9.17, 15) is 19.5 Å². The van der Waals surface area contributed by atoms with Crippen LogP contribution in [-0.4, -0.2) is 42.5 Å². The van der Waals surface area contributed by atoms with E-state index in [2.05, 4.69) is 27.9 Å². The van der Waals surface area contributed by atoms with Crippen molar-refractivity contribution >= 4 is 17.7 Å². The van der Waals surface area contributed by atoms with Crippen LogP contribution in [0.3, 0.4) is 0 Å². The van der Waals surface area contributed by atoms with Gasteiger partial charge in [0.15, 0.2) is 0 Å². The minimum absolute atomic E-state index is 0.180. The molecule has 29 heavy (non-hydrogen) atoms. The fourth-order valence-corrected chi connectivity index (χ4v) is 2.82. The highest BCUT2D eigenvalue weighted by molar-refractivity contribution is 5.91. The Morgan fingerprint density at radius 3 is 2.38 bits per heavy atom. The largest absolute Gasteiger partial charge is 0.508 e. The van der Waals surface area contributed by atoms with E-state index in [1.54, 1.807) is 24.3 Å². The Kier molecular flexibility index (Phi) is 12.1. The Balaban J connectivity index is 2.50. The summed E-state index contributed by atoms with van der Waals surface area (Å²) in [6, 6.07) is 5.73. The number of aromatic hydroxyl groups is 1. The second-order valence-corrected chi connectivity index (χ2v) is 6.93. The number of benzene rings is 1. The number of carbonyl (C=O) groups is 3. The molecule has 8 heteroatoms. The van der Waals surface area contributed by atoms with Crippen LogP contribution >= 0.6 is 0 Å². The standard InChI is InChI=1S/C21H33N3O5/c1-3-4-5-6-7-8-19(26)23-18(15-20(27)24-29-2)21(28)22-14-13-16-9-11-17(25)12-10-16/h9-12,18,25H,3-8,13-15H2,1-2H3,(H,22,28)(H,23,26)(H,24,27). The van der Waals surface area contributed by atoms with Gasteiger partial charge in [0, 0.05) is 13.0 Å². The Labute approximate surface area is 172 Å². The number of unbranched alkanes of at least 4 members (excludes halogenated alkanes) is 4. The summed E-state index contributed by atoms with van der Waals surface area (Å²) in [5.41, 5.74) is 3.12. The van der Waals surface area contributed by atoms with E-state index in [1.807, 2.05) is 0 Å². The summed E-state index contributed by atoms with van der Waals surface area (Å²) in [6.07, 6.45) is 5.77. The lowest BCUT2D eigenvalue weighted by molar-refractivity contribution is -0.136. The molecule has 1 rings (SSSR count). The molecule has 4 N–H and O–H groups in total. The third-order valence-corrected chi connectivity index (χ3v) is 4.41. The van der Waals surface area contributed by atoms with Crippen LogP contribution in [0.15, 0.2) is 24.3 Å². The van der Waals surface area contributed by atoms with Gasteiger partial charge in [-0.25, -0.2) is 5.48 Å². The summed E-state index contributed by atoms with van der Waals surface area (Å²) in [4.78, 5) is 41.1. The average molecular weight is 408 g/mol. The lowest BCUT2D eigenvalue weighted by Crippen LogP contribution is -2.49. The number of phenols is 1. The zero-order valence-corrected chi connectivity index (χ0v) is 17.3. The monoisotopic (exact) mass is 407 g/mol. The highest BCUT2D eigenvalue weighted by Crippen LogP contribution is 2.09. The van der Waals surface area contributed by atoms with Gasteiger partial charge in [0.05, 0.1) is 13.5 Å². The summed E-state index contributed by atoms with van der Waals surface area (Å²) in [5, 5.41) is 14.7. The molecule has 1 aromatic rings. The summed E-state index contributed by atoms with van der Waals surface area (Å²) in [6.45, 7) is 2.47. The molecule has 0 spiro atoms. The molecule has 0 saturated carbocycles. The fraction of sp³-hybridized carbons (Fsp3) is 0.571. The number of phenolic OH excluding ortho intramolecular Hbond substituents is 1. The molecule has 3 amide bonds. The van der Waals surface area contributed by atoms with Crippen LogP contribution in [0.25, 0.3) is 0 Å². The van der Waals surface area contributed by atoms with E-state index >= 15 is 0 Å². The smallest absolute Gasteiger partial charge is 0.246 e. The molecule has 0 saturated heterocycles. The number of nitrogens with one attached hydrogen (secondary N) is 3. The average Bonchev–Trinajstić information content (AvgIpc) is 2.69. The van der Waals surface area contributed by atoms with Gasteiger partial charge in [-0.3, -0.25) is 19.2 Å². The van der Waals surface area contributed by atoms with Crippen molar-refractivity contribution in [3.05, 3.63) is 29.8 Å². The van der Waals surface area contributed by atoms with Crippen molar-refractivity contribution in [3.63, 3.8) is 0 Å². The van der Waals surface area contributed by atoms with Crippen LogP contribution in [-0.2, 0) is 25.6 Å². The highest BCUT2D eigenvalue weighted by atomic mass is 16.6. The third-order valence-electron chi connectivity index (χ3n) is 4.41. The molecule has 0 aliphatic rings. The number of rotatable bonds is 14. The van der Waals surface area contributed by atoms with Gasteiger partial charge in [-0.1, -0.05) is 44.7 Å². The van der Waals surface area contributed by atoms with Crippen LogP contribution in [0, 0.1) is 0 Å². The molecule has 0 fully saturated rings. The SMILES string of the molecule is CCCCCCCC(=O)NC(CC(=O)NOC)C(=O)NCCc1ccc(O)cc1. The second kappa shape index (κ2) is 14.4. The van der Waals surface area contributed by atoms with E-state index in [4.69, 9.17) is 0 Å². The highest BCUT2D eigenvalue weighted by Gasteiger charge is 2.23. The van der Waals surface area contributed by atoms with Crippen molar-refractivity contribution in [2.75, 3.05) is 13.7 Å². The number of hydrogen-bond acceptors (Lipinski definition) is 5. The first kappa shape index (κ1) is 24.4. The topological polar surface area (TPSA) is 117 Å². The number of hydroxylamine groups is 1. The first-order chi connectivity index (χ1) is 14.0. The lowest BCUT2D eigenvalue weighted by atomic mass is 10.1. The lowest BCUT2D eigenvalue weighted by Gasteiger charge is -2.18. The predicted molar refractivity (Wildman–Crippen MR) is 110 cm³/mol. The summed E-state index contributed by atoms with van der Waals surface area (Å²) in [5.74, 6) is -0.978. The molecular weight excluding hydrogens is 374 g/mol. The Bertz CT molecular complexity index is 634. The van der Waals surface area contributed by atoms with Crippen LogP contribution in [0.2, 0.25) is 0 Å². The van der Waals surface area contributed by atoms with Gasteiger partial charge < -0.3 is 15.7 Å². The van der Waals surface area contributed by atoms with Crippen molar-refractivity contribution < 1.29 is 24.3 Å². The Morgan fingerprint density at radius 2 is 1.72 bits per heavy atom. The number of hydrogen-bond donors (Lipinski definition) is 4. The summed E-state index contributed by atoms with van der Waals surface area (Å²) >= 11 is 0. The predicted octanol–water partition coefficient (Wildman–Crippen LogP) is 1.96. The maximum atomic E-state index is 12.5. The first-order valence-corrected chi connectivity index (χ1v) is 10.1. The first-order valence-electron chi connectivity index (χ1n) is 10.1. The van der Waals surface area contributed by atoms with Gasteiger partial charge in [-0.15, -0.1) is 0 Å². The van der Waals surface area contributed by atoms with E-state index in [0.717, 1.165) is 37.7 Å². The normalized spacial score (nSPS) is 11.5. The Morgan fingerprint density at radius 1 is 1.03 bits per heavy atom. The van der Waals surface area contributed by atoms with Crippen LogP contribution < -0.4 is 16.1 Å². The van der Waals surface area contributed by atoms with Gasteiger partial charge >= 0.3 is 0 Å². The van der Waals surface area contributed by atoms with E-state index < -0.39 is 17.9 Å². The van der Waals surface area contributed by atoms with Crippen molar-refractivity contribution in [2.45, 2.75) is 64.3 Å². The van der Waals surface area contributed by atoms with Gasteiger partial charge in [0.1, 0.15) is 11.8 Å². The van der Waals surface area contributed by atoms with Gasteiger partial charge in [0.25, 0.3) is 0 Å². The molecule has 0 aromatic heterocycles. The molecule has 0 radical (unpaired) electrons. The molecule has 0 heterocycles. The molecule has 162 valence electrons. The van der Waals surface area contributed by atoms with Crippen molar-refractivity contribution in [3.8, 4) is 5.75 Å². The van der Waals surface area contributed by atoms with Crippen molar-refractivity contribution in [2.24, 2.45) is 0 Å². The molecule has 0 aliphatic carbocycles. The molecule has 1 aromatic carbocycles. The van der Waals surface area contributed by atoms with E-state index in [0.29, 0.717) is 19.4 Å². The van der Waals surface area contributed by atoms with Crippen LogP contribution in [0.4, 0.5) is 0 Å². The number of carbonyl (C=O) groups excluding carboxylic acids is 3. The maximum Gasteiger partial charge on any atom is 0.246 e. The molecule has 8 nitrogen and oxygen atoms in total. The van der Waals surface area contributed by atoms with Gasteiger partial charge in [0.2, 0.25) is 17.7 Å². The zero-order chi connectivity index (χ0) is 21.5. The molecule has 1 unspecified atom stereocenters. The quantitative estimate of drug-likeness (QED) is 0.278. The summed E-state index contributed by atoms with van der Waals surface area (Å²) < 4.78 is 0. The minimum Gasteiger partial charge on any atom is -0.508 e. The number of amides is 3. The van der Waals surface area contributed by atoms with Gasteiger partial charge in [-0.05, 0) is 30.5 Å². The maximum absolute atomic E-state index is 12.5. The molecule has 0 aliphatic heterocycles. The minimum atomic E-state index is -0.965. The fourth-order valence-electron chi connectivity index (χ4n) is 2.82. The van der Waals surface area contributed by atoms with E-state index in [1.165, 1.54) is 7.11 Å². The zero-order valence-electron chi connectivity index (χ0n) is 17.3. The van der Waals surface area contributed by atoms with Crippen LogP contribution in [0.5, 0.6) is 5.75 Å². The van der Waals surface area contributed by atoms with Crippen LogP contribution in [0.1, 0.15) is 57.4 Å². The Hall–Kier alpha value is -2.61. The summed E-state index contributed by atoms with van der Waals surface area (Å²) in [7, 11) is 1.31. The second-order valence-electron chi connectivity index (χ2n) is 6.93. The van der Waals surface area contributed by atoms with Crippen molar-refractivity contribution in [1.29, 1.82) is 0 Å². The molecule has 1 atom stereocenters. The third kappa shape index (κ3) is 11.1. The van der Waals surface area contributed by atoms with Crippen molar-refractivity contribution in [1.82, 2.24) is 16.1 Å².